The quantitative estimate of drug-likeness (QED) is 0.640. The van der Waals surface area contributed by atoms with Crippen LogP contribution >= 0.6 is 0 Å². The molecule has 1 aliphatic carbocycles. The van der Waals surface area contributed by atoms with Crippen LogP contribution in [0.2, 0.25) is 0 Å². The fourth-order valence-electron chi connectivity index (χ4n) is 4.47. The molecular formula is C24H35NO. The summed E-state index contributed by atoms with van der Waals surface area (Å²) < 4.78 is 0. The number of allylic oxidation sites excluding steroid dienone is 2. The molecule has 0 spiro atoms. The van der Waals surface area contributed by atoms with E-state index in [0.29, 0.717) is 17.6 Å². The molecule has 0 radical (unpaired) electrons. The van der Waals surface area contributed by atoms with Crippen LogP contribution in [0, 0.1) is 11.8 Å². The number of ketones is 1. The van der Waals surface area contributed by atoms with Gasteiger partial charge < -0.3 is 4.90 Å². The first-order chi connectivity index (χ1) is 12.5. The average Bonchev–Trinajstić information content (AvgIpc) is 2.96. The van der Waals surface area contributed by atoms with Crippen LogP contribution in [-0.4, -0.2) is 30.3 Å². The van der Waals surface area contributed by atoms with Crippen LogP contribution in [0.25, 0.3) is 0 Å². The Morgan fingerprint density at radius 3 is 2.42 bits per heavy atom. The number of Topliss-reactive ketones (excluding diaryl/α,β-unsaturated/α-hetero) is 1. The summed E-state index contributed by atoms with van der Waals surface area (Å²) >= 11 is 0. The second kappa shape index (κ2) is 8.99. The van der Waals surface area contributed by atoms with Gasteiger partial charge >= 0.3 is 0 Å². The summed E-state index contributed by atoms with van der Waals surface area (Å²) in [6.07, 6.45) is 9.32. The van der Waals surface area contributed by atoms with Gasteiger partial charge in [0.15, 0.2) is 5.78 Å². The molecule has 0 unspecified atom stereocenters. The minimum atomic E-state index is 0.236. The molecule has 26 heavy (non-hydrogen) atoms. The topological polar surface area (TPSA) is 20.3 Å². The molecular weight excluding hydrogens is 318 g/mol. The van der Waals surface area contributed by atoms with Crippen molar-refractivity contribution in [1.29, 1.82) is 0 Å². The van der Waals surface area contributed by atoms with Gasteiger partial charge in [0, 0.05) is 12.5 Å². The molecule has 0 bridgehead atoms. The van der Waals surface area contributed by atoms with Gasteiger partial charge in [-0.05, 0) is 73.7 Å². The van der Waals surface area contributed by atoms with E-state index in [0.717, 1.165) is 31.4 Å². The number of nitrogens with zero attached hydrogens (tertiary/aromatic N) is 1. The second-order valence-electron chi connectivity index (χ2n) is 8.78. The highest BCUT2D eigenvalue weighted by molar-refractivity contribution is 5.99. The van der Waals surface area contributed by atoms with Crippen molar-refractivity contribution in [1.82, 2.24) is 4.90 Å². The molecule has 1 saturated carbocycles. The lowest BCUT2D eigenvalue weighted by Gasteiger charge is -2.28. The molecule has 2 fully saturated rings. The van der Waals surface area contributed by atoms with Gasteiger partial charge in [0.2, 0.25) is 0 Å². The SMILES string of the molecule is CC(C)Cc1ccc([C@@H](C)/C=C2\CC[C@H](CN3CCCCC3)C2=O)cc1. The van der Waals surface area contributed by atoms with Gasteiger partial charge in [-0.3, -0.25) is 4.79 Å². The van der Waals surface area contributed by atoms with Crippen LogP contribution < -0.4 is 0 Å². The number of carbonyl (C=O) groups is 1. The van der Waals surface area contributed by atoms with E-state index in [1.54, 1.807) is 0 Å². The van der Waals surface area contributed by atoms with E-state index in [2.05, 4.69) is 56.0 Å². The minimum Gasteiger partial charge on any atom is -0.303 e. The van der Waals surface area contributed by atoms with Crippen LogP contribution in [0.5, 0.6) is 0 Å². The van der Waals surface area contributed by atoms with Gasteiger partial charge in [0.05, 0.1) is 0 Å². The third kappa shape index (κ3) is 5.07. The lowest BCUT2D eigenvalue weighted by Crippen LogP contribution is -2.35. The van der Waals surface area contributed by atoms with E-state index in [-0.39, 0.29) is 5.92 Å². The summed E-state index contributed by atoms with van der Waals surface area (Å²) in [6, 6.07) is 8.98. The van der Waals surface area contributed by atoms with Gasteiger partial charge in [-0.2, -0.15) is 0 Å². The highest BCUT2D eigenvalue weighted by Crippen LogP contribution is 2.31. The van der Waals surface area contributed by atoms with Crippen LogP contribution in [0.1, 0.15) is 69.9 Å². The normalized spacial score (nSPS) is 24.5. The highest BCUT2D eigenvalue weighted by atomic mass is 16.1. The maximum absolute atomic E-state index is 12.8. The zero-order valence-electron chi connectivity index (χ0n) is 16.8. The minimum absolute atomic E-state index is 0.236. The maximum atomic E-state index is 12.8. The molecule has 0 amide bonds. The Morgan fingerprint density at radius 2 is 1.77 bits per heavy atom. The average molecular weight is 354 g/mol. The molecule has 1 aromatic carbocycles. The smallest absolute Gasteiger partial charge is 0.162 e. The Morgan fingerprint density at radius 1 is 1.08 bits per heavy atom. The molecule has 1 saturated heterocycles. The maximum Gasteiger partial charge on any atom is 0.162 e. The van der Waals surface area contributed by atoms with E-state index in [1.807, 2.05) is 0 Å². The van der Waals surface area contributed by atoms with E-state index in [1.165, 1.54) is 43.5 Å². The predicted molar refractivity (Wildman–Crippen MR) is 110 cm³/mol. The van der Waals surface area contributed by atoms with Gasteiger partial charge in [0.1, 0.15) is 0 Å². The third-order valence-corrected chi connectivity index (χ3v) is 5.98. The fraction of sp³-hybridized carbons (Fsp3) is 0.625. The number of hydrogen-bond acceptors (Lipinski definition) is 2. The Bertz CT molecular complexity index is 622. The molecule has 0 N–H and O–H groups in total. The van der Waals surface area contributed by atoms with Crippen LogP contribution in [0.15, 0.2) is 35.9 Å². The summed E-state index contributed by atoms with van der Waals surface area (Å²) in [7, 11) is 0. The lowest BCUT2D eigenvalue weighted by molar-refractivity contribution is -0.118. The standard InChI is InChI=1S/C24H35NO/c1-18(2)15-20-7-9-21(10-8-20)19(3)16-22-11-12-23(24(22)26)17-25-13-5-4-6-14-25/h7-10,16,18-19,23H,4-6,11-15,17H2,1-3H3/b22-16+/t19-,23+/m0/s1. The van der Waals surface area contributed by atoms with E-state index < -0.39 is 0 Å². The van der Waals surface area contributed by atoms with Crippen molar-refractivity contribution in [3.8, 4) is 0 Å². The zero-order valence-corrected chi connectivity index (χ0v) is 16.8. The Balaban J connectivity index is 1.59. The molecule has 2 atom stereocenters. The van der Waals surface area contributed by atoms with E-state index >= 15 is 0 Å². The summed E-state index contributed by atoms with van der Waals surface area (Å²) in [4.78, 5) is 15.3. The van der Waals surface area contributed by atoms with Crippen molar-refractivity contribution in [2.45, 2.75) is 65.2 Å². The van der Waals surface area contributed by atoms with Crippen LogP contribution in [0.3, 0.4) is 0 Å². The van der Waals surface area contributed by atoms with Gasteiger partial charge in [-0.15, -0.1) is 0 Å². The van der Waals surface area contributed by atoms with Crippen molar-refractivity contribution in [3.05, 3.63) is 47.0 Å². The summed E-state index contributed by atoms with van der Waals surface area (Å²) in [6.45, 7) is 10.1. The summed E-state index contributed by atoms with van der Waals surface area (Å²) in [5.41, 5.74) is 3.80. The molecule has 1 aliphatic heterocycles. The van der Waals surface area contributed by atoms with Gasteiger partial charge in [0.25, 0.3) is 0 Å². The van der Waals surface area contributed by atoms with Crippen molar-refractivity contribution in [2.75, 3.05) is 19.6 Å². The number of benzene rings is 1. The first-order valence-corrected chi connectivity index (χ1v) is 10.6. The first-order valence-electron chi connectivity index (χ1n) is 10.6. The largest absolute Gasteiger partial charge is 0.303 e. The molecule has 0 aromatic heterocycles. The number of carbonyl (C=O) groups excluding carboxylic acids is 1. The molecule has 142 valence electrons. The molecule has 3 rings (SSSR count). The fourth-order valence-corrected chi connectivity index (χ4v) is 4.47. The lowest BCUT2D eigenvalue weighted by atomic mass is 9.94. The van der Waals surface area contributed by atoms with Crippen LogP contribution in [-0.2, 0) is 11.2 Å². The summed E-state index contributed by atoms with van der Waals surface area (Å²) in [5, 5.41) is 0. The Kier molecular flexibility index (Phi) is 6.69. The van der Waals surface area contributed by atoms with Crippen molar-refractivity contribution in [2.24, 2.45) is 11.8 Å². The van der Waals surface area contributed by atoms with Crippen molar-refractivity contribution in [3.63, 3.8) is 0 Å². The second-order valence-corrected chi connectivity index (χ2v) is 8.78. The number of hydrogen-bond donors (Lipinski definition) is 0. The monoisotopic (exact) mass is 353 g/mol. The molecule has 2 nitrogen and oxygen atoms in total. The highest BCUT2D eigenvalue weighted by Gasteiger charge is 2.31. The number of rotatable bonds is 6. The molecule has 2 aliphatic rings. The molecule has 1 aromatic rings. The third-order valence-electron chi connectivity index (χ3n) is 5.98. The van der Waals surface area contributed by atoms with Crippen LogP contribution in [0.4, 0.5) is 0 Å². The number of piperidine rings is 1. The van der Waals surface area contributed by atoms with E-state index in [4.69, 9.17) is 0 Å². The summed E-state index contributed by atoms with van der Waals surface area (Å²) in [5.74, 6) is 1.66. The zero-order chi connectivity index (χ0) is 18.5. The van der Waals surface area contributed by atoms with Gasteiger partial charge in [-0.25, -0.2) is 0 Å². The predicted octanol–water partition coefficient (Wildman–Crippen LogP) is 5.38. The van der Waals surface area contributed by atoms with E-state index in [9.17, 15) is 4.79 Å². The van der Waals surface area contributed by atoms with Gasteiger partial charge in [-0.1, -0.05) is 57.5 Å². The number of likely N-dealkylation sites (tertiary alicyclic amines) is 1. The van der Waals surface area contributed by atoms with Crippen molar-refractivity contribution < 1.29 is 4.79 Å². The Hall–Kier alpha value is -1.41. The Labute approximate surface area is 159 Å². The molecule has 2 heteroatoms. The van der Waals surface area contributed by atoms with Crippen molar-refractivity contribution >= 4 is 5.78 Å². The first kappa shape index (κ1) is 19.4. The molecule has 1 heterocycles.